The van der Waals surface area contributed by atoms with Crippen LogP contribution in [0.1, 0.15) is 18.4 Å². The number of carboxylic acid groups (broad SMARTS) is 1. The molecule has 2 aliphatic heterocycles. The van der Waals surface area contributed by atoms with Crippen molar-refractivity contribution >= 4 is 63.3 Å². The van der Waals surface area contributed by atoms with Gasteiger partial charge in [-0.15, -0.1) is 11.6 Å². The number of piperazine rings is 1. The van der Waals surface area contributed by atoms with E-state index in [1.165, 1.54) is 6.38 Å². The van der Waals surface area contributed by atoms with Crippen LogP contribution in [0.5, 0.6) is 0 Å². The Bertz CT molecular complexity index is 1060. The molecule has 0 radical (unpaired) electrons. The molecule has 2 N–H and O–H groups in total. The monoisotopic (exact) mass is 542 g/mol. The summed E-state index contributed by atoms with van der Waals surface area (Å²) in [7, 11) is 0. The molecule has 12 heteroatoms. The van der Waals surface area contributed by atoms with Gasteiger partial charge >= 0.3 is 5.97 Å². The highest BCUT2D eigenvalue weighted by Crippen LogP contribution is 2.32. The molecule has 0 saturated carbocycles. The van der Waals surface area contributed by atoms with E-state index >= 15 is 0 Å². The van der Waals surface area contributed by atoms with Crippen molar-refractivity contribution in [2.75, 3.05) is 53.4 Å². The molecule has 9 nitrogen and oxygen atoms in total. The van der Waals surface area contributed by atoms with Crippen molar-refractivity contribution in [1.82, 2.24) is 4.31 Å². The average molecular weight is 543 g/mol. The lowest BCUT2D eigenvalue weighted by Gasteiger charge is -2.36. The van der Waals surface area contributed by atoms with E-state index in [1.54, 1.807) is 27.4 Å². The Morgan fingerprint density at radius 2 is 1.66 bits per heavy atom. The first-order chi connectivity index (χ1) is 16.8. The molecule has 1 saturated heterocycles. The molecule has 2 aromatic carbocycles. The number of carboxylic acids is 1. The molecule has 190 valence electrons. The fourth-order valence-electron chi connectivity index (χ4n) is 4.07. The van der Waals surface area contributed by atoms with E-state index in [1.807, 2.05) is 24.3 Å². The van der Waals surface area contributed by atoms with Crippen LogP contribution < -0.4 is 14.3 Å². The minimum Gasteiger partial charge on any atom is -0.481 e. The largest absolute Gasteiger partial charge is 0.481 e. The topological polar surface area (TPSA) is 105 Å². The summed E-state index contributed by atoms with van der Waals surface area (Å²) in [5, 5.41) is 20.1. The van der Waals surface area contributed by atoms with E-state index < -0.39 is 17.1 Å². The van der Waals surface area contributed by atoms with Gasteiger partial charge in [-0.25, -0.2) is 8.51 Å². The predicted octanol–water partition coefficient (Wildman–Crippen LogP) is 3.55. The number of carbonyl (C=O) groups excluding carboxylic acids is 1. The number of benzene rings is 2. The normalized spacial score (nSPS) is 16.2. The summed E-state index contributed by atoms with van der Waals surface area (Å²) in [6, 6.07) is 12.6. The highest BCUT2D eigenvalue weighted by Gasteiger charge is 2.28. The van der Waals surface area contributed by atoms with Crippen molar-refractivity contribution in [2.45, 2.75) is 19.3 Å². The molecule has 4 rings (SSSR count). The van der Waals surface area contributed by atoms with Gasteiger partial charge in [0.1, 0.15) is 0 Å². The maximum atomic E-state index is 13.0. The molecule has 2 aromatic rings. The fourth-order valence-corrected chi connectivity index (χ4v) is 5.18. The number of nitrogens with zero attached hydrogens (tertiary/aromatic N) is 4. The third-order valence-corrected chi connectivity index (χ3v) is 7.40. The van der Waals surface area contributed by atoms with Crippen molar-refractivity contribution in [3.05, 3.63) is 53.1 Å². The van der Waals surface area contributed by atoms with Crippen LogP contribution in [0, 0.1) is 0 Å². The molecule has 2 heterocycles. The first-order valence-electron chi connectivity index (χ1n) is 11.0. The number of alkyl halides is 1. The van der Waals surface area contributed by atoms with Crippen molar-refractivity contribution < 1.29 is 24.1 Å². The van der Waals surface area contributed by atoms with Crippen LogP contribution in [0.4, 0.5) is 17.1 Å². The van der Waals surface area contributed by atoms with Gasteiger partial charge in [0.05, 0.1) is 12.1 Å². The summed E-state index contributed by atoms with van der Waals surface area (Å²) in [5.74, 6) is -1.25. The SMILES string of the molecule is CCl.O=C(O)CCC(=O)N1CCc2cc(N(O)S(=O)N3CCN(c4ccc(Cl)cc4)CC3)ccc21. The molecule has 1 amide bonds. The first kappa shape index (κ1) is 27.2. The fraction of sp³-hybridized carbons (Fsp3) is 0.391. The van der Waals surface area contributed by atoms with E-state index in [2.05, 4.69) is 16.5 Å². The molecule has 0 spiro atoms. The molecular formula is C23H28Cl2N4O5S. The number of aliphatic carboxylic acids is 1. The lowest BCUT2D eigenvalue weighted by Crippen LogP contribution is -2.50. The highest BCUT2D eigenvalue weighted by atomic mass is 35.5. The summed E-state index contributed by atoms with van der Waals surface area (Å²) in [5.41, 5.74) is 2.98. The molecule has 35 heavy (non-hydrogen) atoms. The van der Waals surface area contributed by atoms with Crippen molar-refractivity contribution in [3.63, 3.8) is 0 Å². The van der Waals surface area contributed by atoms with Gasteiger partial charge in [0.15, 0.2) is 0 Å². The van der Waals surface area contributed by atoms with Crippen LogP contribution in [0.3, 0.4) is 0 Å². The van der Waals surface area contributed by atoms with E-state index in [0.29, 0.717) is 55.5 Å². The number of carbonyl (C=O) groups is 2. The van der Waals surface area contributed by atoms with Gasteiger partial charge in [-0.05, 0) is 54.4 Å². The number of hydrogen-bond donors (Lipinski definition) is 2. The van der Waals surface area contributed by atoms with Crippen LogP contribution in [0.2, 0.25) is 5.02 Å². The molecule has 0 aliphatic carbocycles. The van der Waals surface area contributed by atoms with E-state index in [-0.39, 0.29) is 18.7 Å². The zero-order valence-corrected chi connectivity index (χ0v) is 21.6. The van der Waals surface area contributed by atoms with Gasteiger partial charge in [0.25, 0.3) is 0 Å². The summed E-state index contributed by atoms with van der Waals surface area (Å²) in [6.07, 6.45) is 1.79. The minimum absolute atomic E-state index is 0.0608. The van der Waals surface area contributed by atoms with Crippen molar-refractivity contribution in [1.29, 1.82) is 0 Å². The summed E-state index contributed by atoms with van der Waals surface area (Å²) in [4.78, 5) is 26.8. The second kappa shape index (κ2) is 12.5. The van der Waals surface area contributed by atoms with Gasteiger partial charge in [-0.3, -0.25) is 14.8 Å². The maximum absolute atomic E-state index is 13.0. The molecule has 0 aromatic heterocycles. The summed E-state index contributed by atoms with van der Waals surface area (Å²) in [6.45, 7) is 2.82. The molecule has 2 aliphatic rings. The Labute approximate surface area is 217 Å². The Balaban J connectivity index is 0.00000167. The number of halogens is 2. The van der Waals surface area contributed by atoms with Gasteiger partial charge in [0, 0.05) is 61.9 Å². The first-order valence-corrected chi connectivity index (χ1v) is 13.2. The highest BCUT2D eigenvalue weighted by molar-refractivity contribution is 7.83. The predicted molar refractivity (Wildman–Crippen MR) is 139 cm³/mol. The molecule has 0 bridgehead atoms. The van der Waals surface area contributed by atoms with Gasteiger partial charge in [-0.2, -0.15) is 4.47 Å². The quantitative estimate of drug-likeness (QED) is 0.409. The second-order valence-corrected chi connectivity index (χ2v) is 9.66. The van der Waals surface area contributed by atoms with Gasteiger partial charge < -0.3 is 14.9 Å². The van der Waals surface area contributed by atoms with Gasteiger partial charge in [0.2, 0.25) is 17.1 Å². The van der Waals surface area contributed by atoms with Crippen LogP contribution >= 0.6 is 23.2 Å². The maximum Gasteiger partial charge on any atom is 0.303 e. The Morgan fingerprint density at radius 3 is 2.29 bits per heavy atom. The second-order valence-electron chi connectivity index (χ2n) is 7.90. The Hall–Kier alpha value is -2.37. The summed E-state index contributed by atoms with van der Waals surface area (Å²) < 4.78 is 15.4. The van der Waals surface area contributed by atoms with E-state index in [9.17, 15) is 19.0 Å². The smallest absolute Gasteiger partial charge is 0.303 e. The van der Waals surface area contributed by atoms with E-state index in [4.69, 9.17) is 16.7 Å². The Kier molecular flexibility index (Phi) is 9.76. The zero-order chi connectivity index (χ0) is 25.5. The van der Waals surface area contributed by atoms with Crippen LogP contribution in [0.25, 0.3) is 0 Å². The zero-order valence-electron chi connectivity index (χ0n) is 19.3. The summed E-state index contributed by atoms with van der Waals surface area (Å²) >= 11 is 8.82. The average Bonchev–Trinajstić information content (AvgIpc) is 3.31. The van der Waals surface area contributed by atoms with Crippen LogP contribution in [-0.4, -0.2) is 69.8 Å². The lowest BCUT2D eigenvalue weighted by atomic mass is 10.1. The van der Waals surface area contributed by atoms with Crippen molar-refractivity contribution in [3.8, 4) is 0 Å². The molecule has 1 unspecified atom stereocenters. The van der Waals surface area contributed by atoms with Crippen LogP contribution in [-0.2, 0) is 27.2 Å². The number of hydrogen-bond acceptors (Lipinski definition) is 5. The number of fused-ring (bicyclic) bond motifs is 1. The minimum atomic E-state index is -1.77. The third-order valence-electron chi connectivity index (χ3n) is 5.83. The van der Waals surface area contributed by atoms with Crippen LogP contribution in [0.15, 0.2) is 42.5 Å². The number of anilines is 3. The molecule has 1 atom stereocenters. The standard InChI is InChI=1S/C22H25ClN4O5S.CH3Cl/c23-17-1-3-18(4-2-17)24-11-13-25(14-12-24)33(32)27(31)19-5-6-20-16(15-19)9-10-26(20)21(28)7-8-22(29)30;1-2/h1-6,15,31H,7-14H2,(H,29,30);1H3. The van der Waals surface area contributed by atoms with Crippen molar-refractivity contribution in [2.24, 2.45) is 0 Å². The van der Waals surface area contributed by atoms with Gasteiger partial charge in [-0.1, -0.05) is 11.6 Å². The molecule has 1 fully saturated rings. The Morgan fingerprint density at radius 1 is 1.00 bits per heavy atom. The lowest BCUT2D eigenvalue weighted by molar-refractivity contribution is -0.138. The third kappa shape index (κ3) is 6.65. The number of amides is 1. The molecular weight excluding hydrogens is 515 g/mol. The number of rotatable bonds is 7. The van der Waals surface area contributed by atoms with E-state index in [0.717, 1.165) is 15.7 Å².